The van der Waals surface area contributed by atoms with E-state index in [1.54, 1.807) is 12.2 Å². The van der Waals surface area contributed by atoms with Crippen LogP contribution in [0.25, 0.3) is 5.57 Å². The standard InChI is InChI=1S/C32H31N.C7H8.C4H6/c1-5-23(6-2)24-13-12-16-26(21-24)33(25-14-8-7-9-15-25)27-19-20-29-28-17-10-11-18-30(28)32(3,4)31(29)22-27;1-7-5-3-2-4-6-7;1-3-4-2/h5-19,21-22,29H,1,20H2,2-4H3;2-6H,1H3;3-4H,1-2H2/b23-6+;;. The van der Waals surface area contributed by atoms with E-state index in [9.17, 15) is 0 Å². The summed E-state index contributed by atoms with van der Waals surface area (Å²) in [4.78, 5) is 2.39. The molecule has 4 aromatic rings. The van der Waals surface area contributed by atoms with E-state index < -0.39 is 0 Å². The summed E-state index contributed by atoms with van der Waals surface area (Å²) in [5.41, 5.74) is 11.7. The van der Waals surface area contributed by atoms with E-state index in [1.165, 1.54) is 39.2 Å². The maximum Gasteiger partial charge on any atom is 0.0467 e. The Morgan fingerprint density at radius 1 is 0.773 bits per heavy atom. The summed E-state index contributed by atoms with van der Waals surface area (Å²) >= 11 is 0. The van der Waals surface area contributed by atoms with Gasteiger partial charge in [-0.3, -0.25) is 0 Å². The molecule has 0 aliphatic heterocycles. The van der Waals surface area contributed by atoms with E-state index in [4.69, 9.17) is 0 Å². The zero-order valence-electron chi connectivity index (χ0n) is 26.7. The second-order valence-corrected chi connectivity index (χ2v) is 11.5. The molecule has 1 unspecified atom stereocenters. The Morgan fingerprint density at radius 2 is 1.39 bits per heavy atom. The summed E-state index contributed by atoms with van der Waals surface area (Å²) in [7, 11) is 0. The van der Waals surface area contributed by atoms with Crippen LogP contribution in [0, 0.1) is 6.92 Å². The molecule has 1 heteroatoms. The molecule has 0 spiro atoms. The number of allylic oxidation sites excluding steroid dienone is 8. The van der Waals surface area contributed by atoms with Gasteiger partial charge in [-0.25, -0.2) is 0 Å². The SMILES string of the molecule is C=C/C(=C\C)c1cccc(N(C2=CCC3C(=C2)C(C)(C)c2ccccc23)c2ccccc2)c1.C=CC=C.Cc1ccccc1. The lowest BCUT2D eigenvalue weighted by Crippen LogP contribution is -2.22. The molecule has 0 radical (unpaired) electrons. The van der Waals surface area contributed by atoms with Crippen LogP contribution in [0.1, 0.15) is 55.4 Å². The molecule has 0 heterocycles. The Hall–Kier alpha value is -4.88. The highest BCUT2D eigenvalue weighted by atomic mass is 15.1. The average molecular weight is 576 g/mol. The van der Waals surface area contributed by atoms with E-state index in [-0.39, 0.29) is 5.41 Å². The minimum Gasteiger partial charge on any atom is -0.311 e. The van der Waals surface area contributed by atoms with Gasteiger partial charge < -0.3 is 4.90 Å². The summed E-state index contributed by atoms with van der Waals surface area (Å²) < 4.78 is 0. The molecular weight excluding hydrogens is 530 g/mol. The first-order valence-electron chi connectivity index (χ1n) is 15.4. The zero-order valence-corrected chi connectivity index (χ0v) is 26.7. The quantitative estimate of drug-likeness (QED) is 0.207. The molecule has 6 rings (SSSR count). The van der Waals surface area contributed by atoms with Gasteiger partial charge in [0, 0.05) is 28.4 Å². The van der Waals surface area contributed by atoms with Crippen LogP contribution in [0.5, 0.6) is 0 Å². The van der Waals surface area contributed by atoms with Crippen LogP contribution in [0.2, 0.25) is 0 Å². The van der Waals surface area contributed by atoms with Gasteiger partial charge in [0.25, 0.3) is 0 Å². The molecule has 0 saturated carbocycles. The molecule has 2 aliphatic carbocycles. The summed E-state index contributed by atoms with van der Waals surface area (Å²) in [5.74, 6) is 0.472. The number of anilines is 2. The van der Waals surface area contributed by atoms with Crippen LogP contribution >= 0.6 is 0 Å². The molecule has 0 N–H and O–H groups in total. The molecule has 222 valence electrons. The third-order valence-corrected chi connectivity index (χ3v) is 8.32. The maximum absolute atomic E-state index is 4.00. The van der Waals surface area contributed by atoms with Crippen molar-refractivity contribution in [1.29, 1.82) is 0 Å². The van der Waals surface area contributed by atoms with Gasteiger partial charge in [-0.15, -0.1) is 0 Å². The van der Waals surface area contributed by atoms with Crippen LogP contribution in [-0.4, -0.2) is 0 Å². The fourth-order valence-corrected chi connectivity index (χ4v) is 6.06. The third-order valence-electron chi connectivity index (χ3n) is 8.32. The number of aryl methyl sites for hydroxylation is 1. The number of benzene rings is 4. The summed E-state index contributed by atoms with van der Waals surface area (Å²) in [6.07, 6.45) is 13.2. The Morgan fingerprint density at radius 3 is 1.98 bits per heavy atom. The zero-order chi connectivity index (χ0) is 31.5. The average Bonchev–Trinajstić information content (AvgIpc) is 3.29. The van der Waals surface area contributed by atoms with Crippen molar-refractivity contribution in [2.45, 2.75) is 45.4 Å². The molecule has 0 bridgehead atoms. The van der Waals surface area contributed by atoms with Crippen molar-refractivity contribution in [3.63, 3.8) is 0 Å². The number of nitrogens with zero attached hydrogens (tertiary/aromatic N) is 1. The lowest BCUT2D eigenvalue weighted by atomic mass is 9.78. The van der Waals surface area contributed by atoms with Gasteiger partial charge >= 0.3 is 0 Å². The van der Waals surface area contributed by atoms with Crippen molar-refractivity contribution in [3.8, 4) is 0 Å². The Kier molecular flexibility index (Phi) is 10.9. The Balaban J connectivity index is 0.000000341. The predicted octanol–water partition coefficient (Wildman–Crippen LogP) is 12.1. The van der Waals surface area contributed by atoms with Crippen molar-refractivity contribution >= 4 is 16.9 Å². The molecule has 0 saturated heterocycles. The molecular formula is C43H45N. The highest BCUT2D eigenvalue weighted by molar-refractivity contribution is 5.79. The van der Waals surface area contributed by atoms with E-state index >= 15 is 0 Å². The van der Waals surface area contributed by atoms with E-state index in [0.29, 0.717) is 5.92 Å². The molecule has 2 aliphatic rings. The van der Waals surface area contributed by atoms with Gasteiger partial charge in [-0.2, -0.15) is 0 Å². The van der Waals surface area contributed by atoms with Crippen LogP contribution in [-0.2, 0) is 5.41 Å². The fourth-order valence-electron chi connectivity index (χ4n) is 6.06. The number of para-hydroxylation sites is 1. The van der Waals surface area contributed by atoms with Gasteiger partial charge in [-0.1, -0.05) is 160 Å². The molecule has 44 heavy (non-hydrogen) atoms. The summed E-state index contributed by atoms with van der Waals surface area (Å²) in [5, 5.41) is 0. The summed E-state index contributed by atoms with van der Waals surface area (Å²) in [6.45, 7) is 19.6. The number of hydrogen-bond donors (Lipinski definition) is 0. The minimum absolute atomic E-state index is 0.0337. The maximum atomic E-state index is 4.00. The van der Waals surface area contributed by atoms with Crippen LogP contribution in [0.3, 0.4) is 0 Å². The lowest BCUT2D eigenvalue weighted by molar-refractivity contribution is 0.609. The highest BCUT2D eigenvalue weighted by Crippen LogP contribution is 2.54. The van der Waals surface area contributed by atoms with Crippen molar-refractivity contribution < 1.29 is 0 Å². The number of fused-ring (bicyclic) bond motifs is 3. The topological polar surface area (TPSA) is 3.24 Å². The highest BCUT2D eigenvalue weighted by Gasteiger charge is 2.42. The fraction of sp³-hybridized carbons (Fsp3) is 0.163. The smallest absolute Gasteiger partial charge is 0.0467 e. The van der Waals surface area contributed by atoms with Gasteiger partial charge in [0.1, 0.15) is 0 Å². The predicted molar refractivity (Wildman–Crippen MR) is 193 cm³/mol. The normalized spacial score (nSPS) is 15.8. The monoisotopic (exact) mass is 575 g/mol. The summed E-state index contributed by atoms with van der Waals surface area (Å²) in [6, 6.07) is 38.7. The first kappa shape index (κ1) is 32.0. The third kappa shape index (κ3) is 7.18. The molecule has 0 amide bonds. The first-order chi connectivity index (χ1) is 21.3. The number of rotatable bonds is 6. The van der Waals surface area contributed by atoms with Crippen LogP contribution < -0.4 is 4.90 Å². The van der Waals surface area contributed by atoms with Gasteiger partial charge in [0.2, 0.25) is 0 Å². The molecule has 0 fully saturated rings. The van der Waals surface area contributed by atoms with Gasteiger partial charge in [-0.05, 0) is 72.9 Å². The van der Waals surface area contributed by atoms with Crippen molar-refractivity contribution in [2.75, 3.05) is 4.90 Å². The lowest BCUT2D eigenvalue weighted by Gasteiger charge is -2.33. The van der Waals surface area contributed by atoms with Gasteiger partial charge in [0.05, 0.1) is 0 Å². The minimum atomic E-state index is 0.0337. The van der Waals surface area contributed by atoms with Crippen LogP contribution in [0.15, 0.2) is 177 Å². The number of hydrogen-bond acceptors (Lipinski definition) is 1. The van der Waals surface area contributed by atoms with Crippen molar-refractivity contribution in [3.05, 3.63) is 199 Å². The van der Waals surface area contributed by atoms with Crippen LogP contribution in [0.4, 0.5) is 11.4 Å². The molecule has 0 aromatic heterocycles. The molecule has 1 nitrogen and oxygen atoms in total. The molecule has 1 atom stereocenters. The second kappa shape index (κ2) is 15.0. The van der Waals surface area contributed by atoms with Crippen molar-refractivity contribution in [1.82, 2.24) is 0 Å². The van der Waals surface area contributed by atoms with E-state index in [2.05, 4.69) is 162 Å². The Bertz CT molecular complexity index is 1660. The van der Waals surface area contributed by atoms with E-state index in [1.807, 2.05) is 24.3 Å². The van der Waals surface area contributed by atoms with E-state index in [0.717, 1.165) is 17.7 Å². The van der Waals surface area contributed by atoms with Gasteiger partial charge in [0.15, 0.2) is 0 Å². The first-order valence-corrected chi connectivity index (χ1v) is 15.4. The van der Waals surface area contributed by atoms with Crippen molar-refractivity contribution in [2.24, 2.45) is 0 Å². The second-order valence-electron chi connectivity index (χ2n) is 11.5. The largest absolute Gasteiger partial charge is 0.311 e. The Labute approximate surface area is 265 Å². The molecule has 4 aromatic carbocycles.